The highest BCUT2D eigenvalue weighted by atomic mass is 16.5. The van der Waals surface area contributed by atoms with Crippen molar-refractivity contribution in [1.82, 2.24) is 10.6 Å². The van der Waals surface area contributed by atoms with Crippen molar-refractivity contribution < 1.29 is 14.3 Å². The minimum atomic E-state index is -0.0747. The highest BCUT2D eigenvalue weighted by Crippen LogP contribution is 2.53. The van der Waals surface area contributed by atoms with E-state index >= 15 is 0 Å². The van der Waals surface area contributed by atoms with Gasteiger partial charge in [-0.05, 0) is 32.6 Å². The molecule has 2 aliphatic rings. The second kappa shape index (κ2) is 7.95. The molecule has 0 heterocycles. The van der Waals surface area contributed by atoms with Gasteiger partial charge >= 0.3 is 0 Å². The van der Waals surface area contributed by atoms with Gasteiger partial charge in [0.05, 0.1) is 12.6 Å². The van der Waals surface area contributed by atoms with Crippen molar-refractivity contribution in [2.75, 3.05) is 13.2 Å². The van der Waals surface area contributed by atoms with Crippen LogP contribution in [0.5, 0.6) is 0 Å². The fourth-order valence-electron chi connectivity index (χ4n) is 4.01. The molecule has 0 aromatic rings. The van der Waals surface area contributed by atoms with Gasteiger partial charge in [-0.2, -0.15) is 0 Å². The van der Waals surface area contributed by atoms with Crippen LogP contribution in [0.4, 0.5) is 0 Å². The first-order valence-electron chi connectivity index (χ1n) is 8.80. The first-order valence-corrected chi connectivity index (χ1v) is 8.80. The molecular weight excluding hydrogens is 280 g/mol. The van der Waals surface area contributed by atoms with E-state index in [-0.39, 0.29) is 35.9 Å². The SMILES string of the molecule is CCCC(=O)NCC(=O)N[C@H]1C[C@H](OCC)C12CCCCC2. The molecule has 0 aliphatic heterocycles. The summed E-state index contributed by atoms with van der Waals surface area (Å²) in [6.07, 6.45) is 8.50. The van der Waals surface area contributed by atoms with Crippen LogP contribution in [0, 0.1) is 5.41 Å². The van der Waals surface area contributed by atoms with Gasteiger partial charge in [-0.25, -0.2) is 0 Å². The van der Waals surface area contributed by atoms with Crippen LogP contribution in [0.25, 0.3) is 0 Å². The predicted molar refractivity (Wildman–Crippen MR) is 85.4 cm³/mol. The van der Waals surface area contributed by atoms with Gasteiger partial charge in [0.2, 0.25) is 11.8 Å². The molecule has 2 aliphatic carbocycles. The summed E-state index contributed by atoms with van der Waals surface area (Å²) in [6, 6.07) is 0.208. The zero-order chi connectivity index (χ0) is 16.0. The highest BCUT2D eigenvalue weighted by molar-refractivity contribution is 5.84. The molecule has 0 unspecified atom stereocenters. The van der Waals surface area contributed by atoms with Crippen molar-refractivity contribution in [1.29, 1.82) is 0 Å². The van der Waals surface area contributed by atoms with Gasteiger partial charge in [-0.3, -0.25) is 9.59 Å². The van der Waals surface area contributed by atoms with Gasteiger partial charge in [0.1, 0.15) is 0 Å². The van der Waals surface area contributed by atoms with Crippen LogP contribution in [0.3, 0.4) is 0 Å². The largest absolute Gasteiger partial charge is 0.378 e. The summed E-state index contributed by atoms with van der Waals surface area (Å²) in [6.45, 7) is 4.81. The number of rotatable bonds is 7. The van der Waals surface area contributed by atoms with Gasteiger partial charge < -0.3 is 15.4 Å². The third-order valence-corrected chi connectivity index (χ3v) is 5.20. The second-order valence-corrected chi connectivity index (χ2v) is 6.62. The Morgan fingerprint density at radius 3 is 2.50 bits per heavy atom. The van der Waals surface area contributed by atoms with Crippen LogP contribution in [-0.4, -0.2) is 37.1 Å². The quantitative estimate of drug-likeness (QED) is 0.757. The monoisotopic (exact) mass is 310 g/mol. The zero-order valence-corrected chi connectivity index (χ0v) is 14.0. The average Bonchev–Trinajstić information content (AvgIpc) is 2.53. The third kappa shape index (κ3) is 3.80. The molecule has 126 valence electrons. The number of hydrogen-bond acceptors (Lipinski definition) is 3. The van der Waals surface area contributed by atoms with Gasteiger partial charge in [-0.15, -0.1) is 0 Å². The Morgan fingerprint density at radius 1 is 1.14 bits per heavy atom. The summed E-state index contributed by atoms with van der Waals surface area (Å²) in [5.74, 6) is -0.125. The second-order valence-electron chi connectivity index (χ2n) is 6.62. The van der Waals surface area contributed by atoms with Crippen molar-refractivity contribution in [3.8, 4) is 0 Å². The van der Waals surface area contributed by atoms with E-state index in [2.05, 4.69) is 10.6 Å². The van der Waals surface area contributed by atoms with E-state index in [0.29, 0.717) is 6.42 Å². The fourth-order valence-corrected chi connectivity index (χ4v) is 4.01. The Labute approximate surface area is 133 Å². The molecule has 0 saturated heterocycles. The molecule has 2 rings (SSSR count). The molecule has 5 nitrogen and oxygen atoms in total. The van der Waals surface area contributed by atoms with E-state index in [9.17, 15) is 9.59 Å². The maximum atomic E-state index is 12.1. The van der Waals surface area contributed by atoms with Crippen LogP contribution in [0.1, 0.15) is 65.2 Å². The van der Waals surface area contributed by atoms with E-state index < -0.39 is 0 Å². The number of carbonyl (C=O) groups is 2. The maximum Gasteiger partial charge on any atom is 0.239 e. The Hall–Kier alpha value is -1.10. The van der Waals surface area contributed by atoms with Crippen molar-refractivity contribution in [3.05, 3.63) is 0 Å². The molecule has 1 spiro atoms. The first-order chi connectivity index (χ1) is 10.6. The lowest BCUT2D eigenvalue weighted by Gasteiger charge is -2.57. The summed E-state index contributed by atoms with van der Waals surface area (Å²) in [4.78, 5) is 23.5. The number of carbonyl (C=O) groups excluding carboxylic acids is 2. The maximum absolute atomic E-state index is 12.1. The van der Waals surface area contributed by atoms with E-state index in [0.717, 1.165) is 32.3 Å². The molecule has 0 radical (unpaired) electrons. The molecule has 2 amide bonds. The van der Waals surface area contributed by atoms with Crippen molar-refractivity contribution in [3.63, 3.8) is 0 Å². The minimum absolute atomic E-state index is 0.0502. The Morgan fingerprint density at radius 2 is 1.86 bits per heavy atom. The molecule has 2 atom stereocenters. The van der Waals surface area contributed by atoms with Crippen LogP contribution < -0.4 is 10.6 Å². The number of nitrogens with one attached hydrogen (secondary N) is 2. The predicted octanol–water partition coefficient (Wildman–Crippen LogP) is 2.15. The van der Waals surface area contributed by atoms with E-state index in [1.807, 2.05) is 13.8 Å². The van der Waals surface area contributed by atoms with E-state index in [1.54, 1.807) is 0 Å². The third-order valence-electron chi connectivity index (χ3n) is 5.20. The van der Waals surface area contributed by atoms with Crippen LogP contribution in [0.15, 0.2) is 0 Å². The first kappa shape index (κ1) is 17.3. The van der Waals surface area contributed by atoms with Crippen molar-refractivity contribution >= 4 is 11.8 Å². The lowest BCUT2D eigenvalue weighted by molar-refractivity contribution is -0.156. The molecule has 2 N–H and O–H groups in total. The fraction of sp³-hybridized carbons (Fsp3) is 0.882. The highest BCUT2D eigenvalue weighted by Gasteiger charge is 2.56. The van der Waals surface area contributed by atoms with Gasteiger partial charge in [0, 0.05) is 24.5 Å². The van der Waals surface area contributed by atoms with E-state index in [4.69, 9.17) is 4.74 Å². The zero-order valence-electron chi connectivity index (χ0n) is 14.0. The summed E-state index contributed by atoms with van der Waals surface area (Å²) >= 11 is 0. The topological polar surface area (TPSA) is 67.4 Å². The molecule has 2 fully saturated rings. The molecule has 0 aromatic heterocycles. The van der Waals surface area contributed by atoms with Crippen LogP contribution in [0.2, 0.25) is 0 Å². The number of amides is 2. The van der Waals surface area contributed by atoms with Crippen LogP contribution in [-0.2, 0) is 14.3 Å². The van der Waals surface area contributed by atoms with Gasteiger partial charge in [-0.1, -0.05) is 26.2 Å². The smallest absolute Gasteiger partial charge is 0.239 e. The summed E-state index contributed by atoms with van der Waals surface area (Å²) in [5.41, 5.74) is 0.136. The molecule has 0 bridgehead atoms. The lowest BCUT2D eigenvalue weighted by Crippen LogP contribution is -2.66. The molecule has 0 aromatic carbocycles. The van der Waals surface area contributed by atoms with Crippen LogP contribution >= 0.6 is 0 Å². The Kier molecular flexibility index (Phi) is 6.24. The summed E-state index contributed by atoms with van der Waals surface area (Å²) < 4.78 is 5.89. The number of hydrogen-bond donors (Lipinski definition) is 2. The lowest BCUT2D eigenvalue weighted by atomic mass is 9.55. The number of ether oxygens (including phenoxy) is 1. The molecule has 5 heteroatoms. The van der Waals surface area contributed by atoms with Gasteiger partial charge in [0.25, 0.3) is 0 Å². The normalized spacial score (nSPS) is 26.3. The van der Waals surface area contributed by atoms with Crippen molar-refractivity contribution in [2.45, 2.75) is 77.4 Å². The summed E-state index contributed by atoms with van der Waals surface area (Å²) in [5, 5.41) is 5.81. The Bertz CT molecular complexity index is 391. The minimum Gasteiger partial charge on any atom is -0.378 e. The van der Waals surface area contributed by atoms with E-state index in [1.165, 1.54) is 19.3 Å². The molecule has 22 heavy (non-hydrogen) atoms. The Balaban J connectivity index is 1.83. The van der Waals surface area contributed by atoms with Crippen molar-refractivity contribution in [2.24, 2.45) is 5.41 Å². The van der Waals surface area contributed by atoms with Gasteiger partial charge in [0.15, 0.2) is 0 Å². The molecule has 2 saturated carbocycles. The average molecular weight is 310 g/mol. The summed E-state index contributed by atoms with van der Waals surface area (Å²) in [7, 11) is 0. The standard InChI is InChI=1S/C17H30N2O3/c1-3-8-15(20)18-12-16(21)19-13-11-14(22-4-2)17(13)9-6-5-7-10-17/h13-14H,3-12H2,1-2H3,(H,18,20)(H,19,21)/t13-,14-/m0/s1. The molecular formula is C17H30N2O3.